The second-order valence-electron chi connectivity index (χ2n) is 6.12. The van der Waals surface area contributed by atoms with Gasteiger partial charge in [-0.3, -0.25) is 9.59 Å². The Kier molecular flexibility index (Phi) is 6.31. The summed E-state index contributed by atoms with van der Waals surface area (Å²) in [7, 11) is 3.45. The maximum atomic E-state index is 12.7. The van der Waals surface area contributed by atoms with Crippen molar-refractivity contribution in [3.8, 4) is 0 Å². The van der Waals surface area contributed by atoms with Crippen molar-refractivity contribution < 1.29 is 9.59 Å². The molecule has 5 nitrogen and oxygen atoms in total. The summed E-state index contributed by atoms with van der Waals surface area (Å²) in [5.74, 6) is -0.0468. The zero-order chi connectivity index (χ0) is 18.4. The van der Waals surface area contributed by atoms with E-state index in [0.29, 0.717) is 30.8 Å². The van der Waals surface area contributed by atoms with Crippen LogP contribution < -0.4 is 5.73 Å². The predicted octanol–water partition coefficient (Wildman–Crippen LogP) is 2.51. The lowest BCUT2D eigenvalue weighted by molar-refractivity contribution is 0.0751. The van der Waals surface area contributed by atoms with Gasteiger partial charge >= 0.3 is 0 Å². The molecule has 0 unspecified atom stereocenters. The zero-order valence-corrected chi connectivity index (χ0v) is 15.0. The second kappa shape index (κ2) is 8.44. The van der Waals surface area contributed by atoms with Crippen LogP contribution in [0.2, 0.25) is 0 Å². The summed E-state index contributed by atoms with van der Waals surface area (Å²) in [4.78, 5) is 27.9. The van der Waals surface area contributed by atoms with Crippen molar-refractivity contribution in [2.45, 2.75) is 20.0 Å². The van der Waals surface area contributed by atoms with E-state index in [9.17, 15) is 9.59 Å². The van der Waals surface area contributed by atoms with Crippen LogP contribution in [0, 0.1) is 0 Å². The van der Waals surface area contributed by atoms with Gasteiger partial charge in [0.2, 0.25) is 0 Å². The van der Waals surface area contributed by atoms with Gasteiger partial charge in [0, 0.05) is 44.9 Å². The molecule has 0 fully saturated rings. The summed E-state index contributed by atoms with van der Waals surface area (Å²) in [5, 5.41) is 0. The Balaban J connectivity index is 2.10. The molecule has 25 heavy (non-hydrogen) atoms. The largest absolute Gasteiger partial charge is 0.345 e. The van der Waals surface area contributed by atoms with Crippen molar-refractivity contribution in [2.75, 3.05) is 20.6 Å². The number of hydrogen-bond donors (Lipinski definition) is 1. The molecule has 0 bridgehead atoms. The monoisotopic (exact) mass is 339 g/mol. The minimum atomic E-state index is -0.0324. The van der Waals surface area contributed by atoms with E-state index in [1.807, 2.05) is 43.3 Å². The van der Waals surface area contributed by atoms with E-state index in [4.69, 9.17) is 5.73 Å². The van der Waals surface area contributed by atoms with Gasteiger partial charge in [0.25, 0.3) is 11.8 Å². The van der Waals surface area contributed by atoms with Crippen LogP contribution in [0.3, 0.4) is 0 Å². The topological polar surface area (TPSA) is 66.6 Å². The van der Waals surface area contributed by atoms with Gasteiger partial charge in [-0.2, -0.15) is 0 Å². The third-order valence-corrected chi connectivity index (χ3v) is 4.09. The number of benzene rings is 2. The molecule has 2 N–H and O–H groups in total. The SMILES string of the molecule is CCN(Cc1ccc(C(=O)N(C)C)cc1)C(=O)c1ccc(CN)cc1. The van der Waals surface area contributed by atoms with Crippen LogP contribution in [0.5, 0.6) is 0 Å². The van der Waals surface area contributed by atoms with Crippen molar-refractivity contribution >= 4 is 11.8 Å². The summed E-state index contributed by atoms with van der Waals surface area (Å²) in [6, 6.07) is 14.8. The minimum absolute atomic E-state index is 0.0143. The van der Waals surface area contributed by atoms with Crippen molar-refractivity contribution in [1.82, 2.24) is 9.80 Å². The fourth-order valence-electron chi connectivity index (χ4n) is 2.52. The van der Waals surface area contributed by atoms with Crippen molar-refractivity contribution in [1.29, 1.82) is 0 Å². The third-order valence-electron chi connectivity index (χ3n) is 4.09. The molecular weight excluding hydrogens is 314 g/mol. The molecule has 5 heteroatoms. The number of carbonyl (C=O) groups is 2. The molecule has 0 atom stereocenters. The molecular formula is C20H25N3O2. The minimum Gasteiger partial charge on any atom is -0.345 e. The highest BCUT2D eigenvalue weighted by Gasteiger charge is 2.15. The van der Waals surface area contributed by atoms with E-state index in [1.165, 1.54) is 0 Å². The van der Waals surface area contributed by atoms with Gasteiger partial charge in [-0.15, -0.1) is 0 Å². The van der Waals surface area contributed by atoms with Crippen LogP contribution in [-0.2, 0) is 13.1 Å². The second-order valence-corrected chi connectivity index (χ2v) is 6.12. The number of nitrogens with zero attached hydrogens (tertiary/aromatic N) is 2. The molecule has 0 aliphatic heterocycles. The molecule has 132 valence electrons. The molecule has 0 spiro atoms. The average molecular weight is 339 g/mol. The van der Waals surface area contributed by atoms with E-state index in [2.05, 4.69) is 0 Å². The highest BCUT2D eigenvalue weighted by Crippen LogP contribution is 2.13. The first-order valence-corrected chi connectivity index (χ1v) is 8.35. The Hall–Kier alpha value is -2.66. The number of carbonyl (C=O) groups excluding carboxylic acids is 2. The van der Waals surface area contributed by atoms with Gasteiger partial charge in [-0.1, -0.05) is 24.3 Å². The van der Waals surface area contributed by atoms with E-state index < -0.39 is 0 Å². The summed E-state index contributed by atoms with van der Waals surface area (Å²) < 4.78 is 0. The first-order valence-electron chi connectivity index (χ1n) is 8.35. The molecule has 2 aromatic rings. The fourth-order valence-corrected chi connectivity index (χ4v) is 2.52. The van der Waals surface area contributed by atoms with Gasteiger partial charge in [-0.05, 0) is 42.3 Å². The Bertz CT molecular complexity index is 722. The molecule has 2 rings (SSSR count). The lowest BCUT2D eigenvalue weighted by Crippen LogP contribution is -2.30. The molecule has 0 aromatic heterocycles. The van der Waals surface area contributed by atoms with Gasteiger partial charge < -0.3 is 15.5 Å². The average Bonchev–Trinajstić information content (AvgIpc) is 2.65. The van der Waals surface area contributed by atoms with E-state index >= 15 is 0 Å². The van der Waals surface area contributed by atoms with Crippen LogP contribution in [0.4, 0.5) is 0 Å². The van der Waals surface area contributed by atoms with Crippen LogP contribution in [0.1, 0.15) is 38.8 Å². The van der Waals surface area contributed by atoms with Crippen LogP contribution in [-0.4, -0.2) is 42.3 Å². The third kappa shape index (κ3) is 4.67. The van der Waals surface area contributed by atoms with Crippen LogP contribution >= 0.6 is 0 Å². The molecule has 0 saturated heterocycles. The maximum absolute atomic E-state index is 12.7. The normalized spacial score (nSPS) is 10.4. The van der Waals surface area contributed by atoms with Crippen molar-refractivity contribution in [3.63, 3.8) is 0 Å². The molecule has 0 heterocycles. The van der Waals surface area contributed by atoms with Crippen LogP contribution in [0.15, 0.2) is 48.5 Å². The number of amides is 2. The Morgan fingerprint density at radius 1 is 0.840 bits per heavy atom. The molecule has 0 aliphatic rings. The molecule has 2 amide bonds. The lowest BCUT2D eigenvalue weighted by atomic mass is 10.1. The number of hydrogen-bond acceptors (Lipinski definition) is 3. The first kappa shape index (κ1) is 18.7. The van der Waals surface area contributed by atoms with Gasteiger partial charge in [-0.25, -0.2) is 0 Å². The molecule has 0 aliphatic carbocycles. The zero-order valence-electron chi connectivity index (χ0n) is 15.0. The predicted molar refractivity (Wildman–Crippen MR) is 99.2 cm³/mol. The summed E-state index contributed by atoms with van der Waals surface area (Å²) in [6.07, 6.45) is 0. The maximum Gasteiger partial charge on any atom is 0.254 e. The van der Waals surface area contributed by atoms with Gasteiger partial charge in [0.15, 0.2) is 0 Å². The van der Waals surface area contributed by atoms with Gasteiger partial charge in [0.05, 0.1) is 0 Å². The van der Waals surface area contributed by atoms with Crippen molar-refractivity contribution in [2.24, 2.45) is 5.73 Å². The van der Waals surface area contributed by atoms with E-state index in [1.54, 1.807) is 36.0 Å². The summed E-state index contributed by atoms with van der Waals surface area (Å²) in [6.45, 7) is 3.53. The highest BCUT2D eigenvalue weighted by atomic mass is 16.2. The molecule has 2 aromatic carbocycles. The fraction of sp³-hybridized carbons (Fsp3) is 0.300. The van der Waals surface area contributed by atoms with Crippen molar-refractivity contribution in [3.05, 3.63) is 70.8 Å². The smallest absolute Gasteiger partial charge is 0.254 e. The number of rotatable bonds is 6. The summed E-state index contributed by atoms with van der Waals surface area (Å²) in [5.41, 5.74) is 8.88. The van der Waals surface area contributed by atoms with E-state index in [-0.39, 0.29) is 11.8 Å². The van der Waals surface area contributed by atoms with Gasteiger partial charge in [0.1, 0.15) is 0 Å². The molecule has 0 saturated carbocycles. The van der Waals surface area contributed by atoms with Crippen LogP contribution in [0.25, 0.3) is 0 Å². The lowest BCUT2D eigenvalue weighted by Gasteiger charge is -2.21. The highest BCUT2D eigenvalue weighted by molar-refractivity contribution is 5.94. The van der Waals surface area contributed by atoms with E-state index in [0.717, 1.165) is 11.1 Å². The molecule has 0 radical (unpaired) electrons. The Labute approximate surface area is 149 Å². The quantitative estimate of drug-likeness (QED) is 0.879. The Morgan fingerprint density at radius 3 is 1.76 bits per heavy atom. The first-order chi connectivity index (χ1) is 12.0. The number of nitrogens with two attached hydrogens (primary N) is 1. The Morgan fingerprint density at radius 2 is 1.32 bits per heavy atom. The standard InChI is InChI=1S/C20H25N3O2/c1-4-23(20(25)18-9-5-15(13-21)6-10-18)14-16-7-11-17(12-8-16)19(24)22(2)3/h5-12H,4,13-14,21H2,1-3H3. The summed E-state index contributed by atoms with van der Waals surface area (Å²) >= 11 is 0.